The number of benzene rings is 2. The molecule has 3 amide bonds. The van der Waals surface area contributed by atoms with E-state index < -0.39 is 0 Å². The van der Waals surface area contributed by atoms with Crippen molar-refractivity contribution in [2.75, 3.05) is 30.3 Å². The fraction of sp³-hybridized carbons (Fsp3) is 0.400. The zero-order valence-corrected chi connectivity index (χ0v) is 19.0. The summed E-state index contributed by atoms with van der Waals surface area (Å²) in [5.41, 5.74) is 2.46. The van der Waals surface area contributed by atoms with Gasteiger partial charge in [-0.2, -0.15) is 0 Å². The number of nitrogens with zero attached hydrogens (tertiary/aromatic N) is 1. The Morgan fingerprint density at radius 3 is 2.03 bits per heavy atom. The first-order valence-electron chi connectivity index (χ1n) is 11.1. The summed E-state index contributed by atoms with van der Waals surface area (Å²) in [4.78, 5) is 38.5. The van der Waals surface area contributed by atoms with E-state index in [1.165, 1.54) is 19.4 Å². The van der Waals surface area contributed by atoms with E-state index in [2.05, 4.69) is 39.9 Å². The van der Waals surface area contributed by atoms with Gasteiger partial charge in [0.05, 0.1) is 6.04 Å². The van der Waals surface area contributed by atoms with E-state index in [0.29, 0.717) is 23.5 Å². The van der Waals surface area contributed by atoms with E-state index in [1.54, 1.807) is 18.2 Å². The van der Waals surface area contributed by atoms with Gasteiger partial charge in [0.15, 0.2) is 0 Å². The molecule has 7 nitrogen and oxygen atoms in total. The quantitative estimate of drug-likeness (QED) is 0.616. The molecule has 1 fully saturated rings. The minimum Gasteiger partial charge on any atom is -0.350 e. The van der Waals surface area contributed by atoms with Crippen LogP contribution in [-0.4, -0.2) is 42.3 Å². The molecule has 7 heteroatoms. The molecule has 3 N–H and O–H groups in total. The Morgan fingerprint density at radius 2 is 1.50 bits per heavy atom. The lowest BCUT2D eigenvalue weighted by Gasteiger charge is -2.37. The standard InChI is InChI=1S/C25H32N4O3/c1-17-9-11-29(12-10-17)24(20-7-5-4-6-8-20)16-26-25(32)21-13-22(27-18(2)30)15-23(14-21)28-19(3)31/h4-8,13-15,17,24H,9-12,16H2,1-3H3,(H,26,32)(H,27,30)(H,28,31). The molecule has 3 rings (SSSR count). The highest BCUT2D eigenvalue weighted by Gasteiger charge is 2.25. The van der Waals surface area contributed by atoms with Gasteiger partial charge >= 0.3 is 0 Å². The van der Waals surface area contributed by atoms with Crippen molar-refractivity contribution < 1.29 is 14.4 Å². The van der Waals surface area contributed by atoms with Gasteiger partial charge < -0.3 is 16.0 Å². The highest BCUT2D eigenvalue weighted by Crippen LogP contribution is 2.27. The summed E-state index contributed by atoms with van der Waals surface area (Å²) in [6.45, 7) is 7.55. The smallest absolute Gasteiger partial charge is 0.251 e. The SMILES string of the molecule is CC(=O)Nc1cc(NC(C)=O)cc(C(=O)NCC(c2ccccc2)N2CCC(C)CC2)c1. The summed E-state index contributed by atoms with van der Waals surface area (Å²) in [5, 5.41) is 8.42. The average Bonchev–Trinajstić information content (AvgIpc) is 2.74. The third kappa shape index (κ3) is 6.65. The first-order valence-corrected chi connectivity index (χ1v) is 11.1. The number of hydrogen-bond acceptors (Lipinski definition) is 4. The molecule has 0 bridgehead atoms. The highest BCUT2D eigenvalue weighted by molar-refractivity contribution is 5.99. The van der Waals surface area contributed by atoms with Crippen LogP contribution >= 0.6 is 0 Å². The van der Waals surface area contributed by atoms with Gasteiger partial charge in [0.1, 0.15) is 0 Å². The van der Waals surface area contributed by atoms with Crippen molar-refractivity contribution in [1.82, 2.24) is 10.2 Å². The molecule has 1 unspecified atom stereocenters. The van der Waals surface area contributed by atoms with Gasteiger partial charge in [-0.05, 0) is 55.6 Å². The zero-order chi connectivity index (χ0) is 23.1. The normalized spacial score (nSPS) is 15.6. The molecule has 32 heavy (non-hydrogen) atoms. The van der Waals surface area contributed by atoms with Crippen molar-refractivity contribution in [3.63, 3.8) is 0 Å². The molecule has 1 aliphatic rings. The maximum Gasteiger partial charge on any atom is 0.251 e. The summed E-state index contributed by atoms with van der Waals surface area (Å²) in [5.74, 6) is -0.0318. The Balaban J connectivity index is 1.77. The Labute approximate surface area is 189 Å². The molecule has 2 aromatic rings. The van der Waals surface area contributed by atoms with Crippen molar-refractivity contribution in [2.45, 2.75) is 39.7 Å². The van der Waals surface area contributed by atoms with Gasteiger partial charge in [-0.25, -0.2) is 0 Å². The number of carbonyl (C=O) groups is 3. The fourth-order valence-corrected chi connectivity index (χ4v) is 4.07. The van der Waals surface area contributed by atoms with Crippen LogP contribution in [0.2, 0.25) is 0 Å². The van der Waals surface area contributed by atoms with Crippen molar-refractivity contribution in [3.8, 4) is 0 Å². The lowest BCUT2D eigenvalue weighted by molar-refractivity contribution is -0.115. The number of rotatable bonds is 7. The van der Waals surface area contributed by atoms with Crippen LogP contribution in [0, 0.1) is 5.92 Å². The Morgan fingerprint density at radius 1 is 0.938 bits per heavy atom. The first kappa shape index (κ1) is 23.5. The molecular weight excluding hydrogens is 404 g/mol. The minimum absolute atomic E-state index is 0.0843. The lowest BCUT2D eigenvalue weighted by Crippen LogP contribution is -2.42. The predicted octanol–water partition coefficient (Wildman–Crippen LogP) is 3.81. The van der Waals surface area contributed by atoms with Crippen LogP contribution in [-0.2, 0) is 9.59 Å². The maximum absolute atomic E-state index is 13.0. The summed E-state index contributed by atoms with van der Waals surface area (Å²) in [6, 6.07) is 15.2. The summed E-state index contributed by atoms with van der Waals surface area (Å²) in [7, 11) is 0. The molecule has 1 atom stereocenters. The number of anilines is 2. The molecule has 2 aromatic carbocycles. The number of hydrogen-bond donors (Lipinski definition) is 3. The van der Waals surface area contributed by atoms with E-state index in [9.17, 15) is 14.4 Å². The molecule has 1 heterocycles. The van der Waals surface area contributed by atoms with Gasteiger partial charge in [-0.15, -0.1) is 0 Å². The molecule has 0 aromatic heterocycles. The lowest BCUT2D eigenvalue weighted by atomic mass is 9.95. The van der Waals surface area contributed by atoms with Gasteiger partial charge in [-0.1, -0.05) is 37.3 Å². The summed E-state index contributed by atoms with van der Waals surface area (Å²) < 4.78 is 0. The maximum atomic E-state index is 13.0. The molecule has 170 valence electrons. The Bertz CT molecular complexity index is 919. The van der Waals surface area contributed by atoms with Gasteiger partial charge in [-0.3, -0.25) is 19.3 Å². The van der Waals surface area contributed by atoms with Crippen molar-refractivity contribution in [3.05, 3.63) is 59.7 Å². The van der Waals surface area contributed by atoms with Crippen molar-refractivity contribution in [1.29, 1.82) is 0 Å². The third-order valence-corrected chi connectivity index (χ3v) is 5.74. The topological polar surface area (TPSA) is 90.5 Å². The van der Waals surface area contributed by atoms with Crippen LogP contribution in [0.15, 0.2) is 48.5 Å². The number of nitrogens with one attached hydrogen (secondary N) is 3. The van der Waals surface area contributed by atoms with E-state index in [1.807, 2.05) is 18.2 Å². The predicted molar refractivity (Wildman–Crippen MR) is 127 cm³/mol. The van der Waals surface area contributed by atoms with Gasteiger partial charge in [0.2, 0.25) is 11.8 Å². The second-order valence-corrected chi connectivity index (χ2v) is 8.52. The zero-order valence-electron chi connectivity index (χ0n) is 19.0. The van der Waals surface area contributed by atoms with Gasteiger partial charge in [0.25, 0.3) is 5.91 Å². The Hall–Kier alpha value is -3.19. The van der Waals surface area contributed by atoms with Crippen molar-refractivity contribution in [2.24, 2.45) is 5.92 Å². The number of likely N-dealkylation sites (tertiary alicyclic amines) is 1. The second kappa shape index (κ2) is 10.9. The molecule has 0 radical (unpaired) electrons. The van der Waals surface area contributed by atoms with Crippen LogP contribution in [0.25, 0.3) is 0 Å². The monoisotopic (exact) mass is 436 g/mol. The number of carbonyl (C=O) groups excluding carboxylic acids is 3. The number of piperidine rings is 1. The van der Waals surface area contributed by atoms with E-state index in [4.69, 9.17) is 0 Å². The molecule has 0 aliphatic carbocycles. The summed E-state index contributed by atoms with van der Waals surface area (Å²) >= 11 is 0. The van der Waals surface area contributed by atoms with Crippen molar-refractivity contribution >= 4 is 29.1 Å². The molecule has 1 aliphatic heterocycles. The van der Waals surface area contributed by atoms with Gasteiger partial charge in [0, 0.05) is 37.3 Å². The molecule has 0 saturated carbocycles. The molecular formula is C25H32N4O3. The number of amides is 3. The van der Waals surface area contributed by atoms with E-state index in [-0.39, 0.29) is 23.8 Å². The highest BCUT2D eigenvalue weighted by atomic mass is 16.2. The van der Waals surface area contributed by atoms with E-state index >= 15 is 0 Å². The van der Waals surface area contributed by atoms with Crippen LogP contribution in [0.3, 0.4) is 0 Å². The van der Waals surface area contributed by atoms with Crippen LogP contribution in [0.4, 0.5) is 11.4 Å². The summed E-state index contributed by atoms with van der Waals surface area (Å²) in [6.07, 6.45) is 2.30. The molecule has 1 saturated heterocycles. The minimum atomic E-state index is -0.255. The largest absolute Gasteiger partial charge is 0.350 e. The Kier molecular flexibility index (Phi) is 8.00. The average molecular weight is 437 g/mol. The fourth-order valence-electron chi connectivity index (χ4n) is 4.07. The third-order valence-electron chi connectivity index (χ3n) is 5.74. The first-order chi connectivity index (χ1) is 15.3. The van der Waals surface area contributed by atoms with Crippen LogP contribution in [0.5, 0.6) is 0 Å². The second-order valence-electron chi connectivity index (χ2n) is 8.52. The van der Waals surface area contributed by atoms with Crippen LogP contribution < -0.4 is 16.0 Å². The molecule has 0 spiro atoms. The van der Waals surface area contributed by atoms with Crippen LogP contribution in [0.1, 0.15) is 55.6 Å². The van der Waals surface area contributed by atoms with E-state index in [0.717, 1.165) is 31.8 Å².